The highest BCUT2D eigenvalue weighted by atomic mass is 32.2. The Morgan fingerprint density at radius 1 is 1.19 bits per heavy atom. The van der Waals surface area contributed by atoms with Crippen molar-refractivity contribution in [3.8, 4) is 5.75 Å². The van der Waals surface area contributed by atoms with Gasteiger partial charge in [0.1, 0.15) is 11.6 Å². The molecule has 0 aromatic heterocycles. The molecule has 0 radical (unpaired) electrons. The summed E-state index contributed by atoms with van der Waals surface area (Å²) in [7, 11) is -5.75. The number of aryl methyl sites for hydroxylation is 1. The van der Waals surface area contributed by atoms with Crippen molar-refractivity contribution in [1.29, 1.82) is 0 Å². The molecule has 0 amide bonds. The molecule has 90 valence electrons. The van der Waals surface area contributed by atoms with Gasteiger partial charge < -0.3 is 4.18 Å². The number of benzene rings is 1. The first-order chi connectivity index (χ1) is 7.12. The van der Waals surface area contributed by atoms with Gasteiger partial charge >= 0.3 is 15.6 Å². The summed E-state index contributed by atoms with van der Waals surface area (Å²) in [5.41, 5.74) is -5.29. The Hall–Kier alpha value is -1.31. The van der Waals surface area contributed by atoms with Crippen LogP contribution in [0.25, 0.3) is 0 Å². The maximum atomic E-state index is 12.7. The maximum absolute atomic E-state index is 12.7. The molecule has 0 N–H and O–H groups in total. The minimum Gasteiger partial charge on any atom is -0.376 e. The second-order valence-electron chi connectivity index (χ2n) is 2.95. The number of hydrogen-bond donors (Lipinski definition) is 0. The second kappa shape index (κ2) is 3.93. The van der Waals surface area contributed by atoms with Gasteiger partial charge in [-0.15, -0.1) is 0 Å². The maximum Gasteiger partial charge on any atom is 0.534 e. The molecule has 0 aliphatic rings. The van der Waals surface area contributed by atoms with Crippen molar-refractivity contribution in [2.24, 2.45) is 0 Å². The Kier molecular flexibility index (Phi) is 3.13. The molecule has 1 aromatic carbocycles. The summed E-state index contributed by atoms with van der Waals surface area (Å²) in [4.78, 5) is 0. The fraction of sp³-hybridized carbons (Fsp3) is 0.250. The molecule has 0 saturated heterocycles. The monoisotopic (exact) mass is 258 g/mol. The largest absolute Gasteiger partial charge is 0.534 e. The van der Waals surface area contributed by atoms with Gasteiger partial charge in [-0.25, -0.2) is 4.39 Å². The van der Waals surface area contributed by atoms with Crippen molar-refractivity contribution in [1.82, 2.24) is 0 Å². The highest BCUT2D eigenvalue weighted by molar-refractivity contribution is 7.87. The number of alkyl halides is 3. The lowest BCUT2D eigenvalue weighted by molar-refractivity contribution is -0.0500. The lowest BCUT2D eigenvalue weighted by Crippen LogP contribution is -2.28. The van der Waals surface area contributed by atoms with Crippen LogP contribution in [-0.4, -0.2) is 13.9 Å². The van der Waals surface area contributed by atoms with Crippen LogP contribution in [0.1, 0.15) is 5.56 Å². The van der Waals surface area contributed by atoms with E-state index in [2.05, 4.69) is 4.18 Å². The summed E-state index contributed by atoms with van der Waals surface area (Å²) in [5, 5.41) is 0. The van der Waals surface area contributed by atoms with Crippen molar-refractivity contribution in [3.05, 3.63) is 29.6 Å². The number of rotatable bonds is 2. The fourth-order valence-electron chi connectivity index (χ4n) is 0.925. The Morgan fingerprint density at radius 2 is 1.75 bits per heavy atom. The Labute approximate surface area is 88.8 Å². The Morgan fingerprint density at radius 3 is 2.19 bits per heavy atom. The van der Waals surface area contributed by atoms with Crippen molar-refractivity contribution in [3.63, 3.8) is 0 Å². The fourth-order valence-corrected chi connectivity index (χ4v) is 1.37. The number of halogens is 4. The lowest BCUT2D eigenvalue weighted by Gasteiger charge is -2.09. The Bertz CT molecular complexity index is 472. The molecule has 0 aliphatic heterocycles. The van der Waals surface area contributed by atoms with Gasteiger partial charge in [-0.05, 0) is 24.6 Å². The predicted molar refractivity (Wildman–Crippen MR) is 46.7 cm³/mol. The zero-order valence-electron chi connectivity index (χ0n) is 7.88. The van der Waals surface area contributed by atoms with Gasteiger partial charge in [-0.1, -0.05) is 0 Å². The average Bonchev–Trinajstić information content (AvgIpc) is 1.97. The van der Waals surface area contributed by atoms with E-state index in [4.69, 9.17) is 0 Å². The molecule has 0 aliphatic carbocycles. The molecule has 0 unspecified atom stereocenters. The van der Waals surface area contributed by atoms with Crippen molar-refractivity contribution >= 4 is 10.1 Å². The van der Waals surface area contributed by atoms with Crippen molar-refractivity contribution in [2.45, 2.75) is 12.4 Å². The summed E-state index contributed by atoms with van der Waals surface area (Å²) in [5.74, 6) is -1.60. The van der Waals surface area contributed by atoms with E-state index in [0.717, 1.165) is 12.1 Å². The van der Waals surface area contributed by atoms with Gasteiger partial charge in [0.2, 0.25) is 0 Å². The molecular formula is C8H6F4O3S. The van der Waals surface area contributed by atoms with Crippen LogP contribution in [0.15, 0.2) is 18.2 Å². The van der Waals surface area contributed by atoms with Gasteiger partial charge in [0, 0.05) is 6.07 Å². The van der Waals surface area contributed by atoms with Crippen LogP contribution in [0.2, 0.25) is 0 Å². The van der Waals surface area contributed by atoms with Gasteiger partial charge in [0.25, 0.3) is 0 Å². The molecule has 0 spiro atoms. The van der Waals surface area contributed by atoms with Crippen LogP contribution in [0.3, 0.4) is 0 Å². The molecule has 0 atom stereocenters. The summed E-state index contributed by atoms with van der Waals surface area (Å²) < 4.78 is 73.4. The molecule has 3 nitrogen and oxygen atoms in total. The minimum absolute atomic E-state index is 0.243. The molecular weight excluding hydrogens is 252 g/mol. The average molecular weight is 258 g/mol. The van der Waals surface area contributed by atoms with E-state index in [0.29, 0.717) is 6.07 Å². The van der Waals surface area contributed by atoms with E-state index in [1.165, 1.54) is 6.92 Å². The quantitative estimate of drug-likeness (QED) is 0.464. The van der Waals surface area contributed by atoms with Crippen LogP contribution in [0.5, 0.6) is 5.75 Å². The molecule has 0 bridgehead atoms. The summed E-state index contributed by atoms with van der Waals surface area (Å²) in [6.45, 7) is 1.39. The standard InChI is InChI=1S/C8H6F4O3S/c1-5-2-6(9)4-7(3-5)15-16(13,14)8(10,11)12/h2-4H,1H3. The normalized spacial score (nSPS) is 12.6. The van der Waals surface area contributed by atoms with Crippen LogP contribution in [-0.2, 0) is 10.1 Å². The van der Waals surface area contributed by atoms with Crippen LogP contribution in [0, 0.1) is 12.7 Å². The third-order valence-corrected chi connectivity index (χ3v) is 2.48. The summed E-state index contributed by atoms with van der Waals surface area (Å²) in [6, 6.07) is 2.55. The molecule has 1 aromatic rings. The van der Waals surface area contributed by atoms with Crippen LogP contribution >= 0.6 is 0 Å². The minimum atomic E-state index is -5.75. The second-order valence-corrected chi connectivity index (χ2v) is 4.49. The molecule has 1 rings (SSSR count). The number of hydrogen-bond acceptors (Lipinski definition) is 3. The van der Waals surface area contributed by atoms with E-state index >= 15 is 0 Å². The van der Waals surface area contributed by atoms with Gasteiger partial charge in [0.05, 0.1) is 0 Å². The van der Waals surface area contributed by atoms with Crippen molar-refractivity contribution in [2.75, 3.05) is 0 Å². The first kappa shape index (κ1) is 12.8. The predicted octanol–water partition coefficient (Wildman–Crippen LogP) is 2.36. The molecule has 16 heavy (non-hydrogen) atoms. The van der Waals surface area contributed by atoms with E-state index in [-0.39, 0.29) is 5.56 Å². The smallest absolute Gasteiger partial charge is 0.376 e. The lowest BCUT2D eigenvalue weighted by atomic mass is 10.2. The Balaban J connectivity index is 3.07. The molecule has 8 heteroatoms. The van der Waals surface area contributed by atoms with Crippen molar-refractivity contribution < 1.29 is 30.2 Å². The zero-order chi connectivity index (χ0) is 12.6. The first-order valence-electron chi connectivity index (χ1n) is 3.90. The summed E-state index contributed by atoms with van der Waals surface area (Å²) in [6.07, 6.45) is 0. The van der Waals surface area contributed by atoms with Crippen LogP contribution < -0.4 is 4.18 Å². The van der Waals surface area contributed by atoms with Crippen LogP contribution in [0.4, 0.5) is 17.6 Å². The van der Waals surface area contributed by atoms with Gasteiger partial charge in [-0.2, -0.15) is 21.6 Å². The van der Waals surface area contributed by atoms with E-state index in [9.17, 15) is 26.0 Å². The summed E-state index contributed by atoms with van der Waals surface area (Å²) >= 11 is 0. The van der Waals surface area contributed by atoms with Gasteiger partial charge in [-0.3, -0.25) is 0 Å². The third-order valence-electron chi connectivity index (χ3n) is 1.51. The zero-order valence-corrected chi connectivity index (χ0v) is 8.69. The molecule has 0 heterocycles. The topological polar surface area (TPSA) is 43.4 Å². The van der Waals surface area contributed by atoms with Gasteiger partial charge in [0.15, 0.2) is 0 Å². The third kappa shape index (κ3) is 2.84. The molecule has 0 fully saturated rings. The highest BCUT2D eigenvalue weighted by Crippen LogP contribution is 2.27. The molecule has 0 saturated carbocycles. The van der Waals surface area contributed by atoms with E-state index < -0.39 is 27.2 Å². The van der Waals surface area contributed by atoms with E-state index in [1.54, 1.807) is 0 Å². The first-order valence-corrected chi connectivity index (χ1v) is 5.30. The SMILES string of the molecule is Cc1cc(F)cc(OS(=O)(=O)C(F)(F)F)c1. The van der Waals surface area contributed by atoms with E-state index in [1.807, 2.05) is 0 Å². The highest BCUT2D eigenvalue weighted by Gasteiger charge is 2.48.